The van der Waals surface area contributed by atoms with Gasteiger partial charge >= 0.3 is 5.97 Å². The molecule has 0 saturated carbocycles. The van der Waals surface area contributed by atoms with Gasteiger partial charge in [-0.2, -0.15) is 0 Å². The van der Waals surface area contributed by atoms with Gasteiger partial charge in [-0.1, -0.05) is 12.2 Å². The Morgan fingerprint density at radius 3 is 3.00 bits per heavy atom. The summed E-state index contributed by atoms with van der Waals surface area (Å²) in [7, 11) is 0. The molecule has 0 spiro atoms. The zero-order chi connectivity index (χ0) is 9.97. The molecule has 0 aromatic carbocycles. The molecule has 0 aromatic heterocycles. The molecule has 0 radical (unpaired) electrons. The minimum atomic E-state index is -0.162. The molecule has 0 amide bonds. The summed E-state index contributed by atoms with van der Waals surface area (Å²) < 4.78 is 10.5. The van der Waals surface area contributed by atoms with Gasteiger partial charge in [-0.05, 0) is 6.42 Å². The maximum Gasteiger partial charge on any atom is 0.306 e. The molecular weight excluding hydrogens is 182 g/mol. The highest BCUT2D eigenvalue weighted by Crippen LogP contribution is 2.35. The quantitative estimate of drug-likeness (QED) is 0.517. The Balaban J connectivity index is 1.76. The molecule has 1 fully saturated rings. The second-order valence-corrected chi connectivity index (χ2v) is 3.73. The Bertz CT molecular complexity index is 252. The third-order valence-corrected chi connectivity index (χ3v) is 2.66. The lowest BCUT2D eigenvalue weighted by atomic mass is 9.91. The third-order valence-electron chi connectivity index (χ3n) is 2.66. The van der Waals surface area contributed by atoms with Crippen LogP contribution in [0.15, 0.2) is 12.2 Å². The zero-order valence-corrected chi connectivity index (χ0v) is 8.02. The maximum absolute atomic E-state index is 11.3. The predicted molar refractivity (Wildman–Crippen MR) is 50.5 cm³/mol. The van der Waals surface area contributed by atoms with Gasteiger partial charge in [0, 0.05) is 12.5 Å². The number of fused-ring (bicyclic) bond motifs is 2. The molecule has 2 aliphatic rings. The topological polar surface area (TPSA) is 61.5 Å². The van der Waals surface area contributed by atoms with E-state index in [9.17, 15) is 4.79 Å². The molecule has 1 saturated heterocycles. The molecule has 2 N–H and O–H groups in total. The van der Waals surface area contributed by atoms with Crippen molar-refractivity contribution >= 4 is 5.97 Å². The molecule has 4 nitrogen and oxygen atoms in total. The highest BCUT2D eigenvalue weighted by Gasteiger charge is 2.37. The maximum atomic E-state index is 11.3. The molecule has 0 aromatic rings. The molecule has 78 valence electrons. The number of hydrogen-bond donors (Lipinski definition) is 1. The van der Waals surface area contributed by atoms with Crippen LogP contribution >= 0.6 is 0 Å². The Hall–Kier alpha value is -0.870. The summed E-state index contributed by atoms with van der Waals surface area (Å²) in [6.45, 7) is 0.704. The van der Waals surface area contributed by atoms with Gasteiger partial charge in [-0.15, -0.1) is 0 Å². The first-order chi connectivity index (χ1) is 6.79. The smallest absolute Gasteiger partial charge is 0.306 e. The first kappa shape index (κ1) is 9.68. The summed E-state index contributed by atoms with van der Waals surface area (Å²) in [6, 6.07) is 0. The average Bonchev–Trinajstić information content (AvgIpc) is 2.76. The Morgan fingerprint density at radius 2 is 2.43 bits per heavy atom. The number of hydrogen-bond acceptors (Lipinski definition) is 4. The van der Waals surface area contributed by atoms with E-state index < -0.39 is 0 Å². The normalized spacial score (nSPS) is 33.6. The van der Waals surface area contributed by atoms with Crippen LogP contribution in [0.25, 0.3) is 0 Å². The number of nitrogens with two attached hydrogens (primary N) is 1. The largest absolute Gasteiger partial charge is 0.464 e. The lowest BCUT2D eigenvalue weighted by Gasteiger charge is -2.13. The molecule has 3 unspecified atom stereocenters. The molecule has 2 aliphatic heterocycles. The lowest BCUT2D eigenvalue weighted by molar-refractivity contribution is -0.144. The monoisotopic (exact) mass is 197 g/mol. The second-order valence-electron chi connectivity index (χ2n) is 3.73. The van der Waals surface area contributed by atoms with E-state index in [0.717, 1.165) is 6.42 Å². The van der Waals surface area contributed by atoms with Gasteiger partial charge in [0.25, 0.3) is 0 Å². The van der Waals surface area contributed by atoms with E-state index in [0.29, 0.717) is 25.5 Å². The van der Waals surface area contributed by atoms with E-state index in [2.05, 4.69) is 6.08 Å². The van der Waals surface area contributed by atoms with Crippen molar-refractivity contribution in [2.24, 2.45) is 11.7 Å². The van der Waals surface area contributed by atoms with Crippen molar-refractivity contribution in [3.63, 3.8) is 0 Å². The van der Waals surface area contributed by atoms with Crippen LogP contribution in [0.5, 0.6) is 0 Å². The van der Waals surface area contributed by atoms with Crippen LogP contribution in [0, 0.1) is 5.92 Å². The number of carbonyl (C=O) groups is 1. The molecule has 0 aliphatic carbocycles. The summed E-state index contributed by atoms with van der Waals surface area (Å²) in [5, 5.41) is 0. The van der Waals surface area contributed by atoms with Crippen LogP contribution in [-0.2, 0) is 14.3 Å². The van der Waals surface area contributed by atoms with E-state index in [4.69, 9.17) is 15.2 Å². The second kappa shape index (κ2) is 4.11. The molecular formula is C10H15NO3. The van der Waals surface area contributed by atoms with Crippen molar-refractivity contribution in [1.82, 2.24) is 0 Å². The Kier molecular flexibility index (Phi) is 2.84. The molecule has 14 heavy (non-hydrogen) atoms. The van der Waals surface area contributed by atoms with E-state index in [1.807, 2.05) is 6.08 Å². The van der Waals surface area contributed by atoms with Crippen molar-refractivity contribution in [2.75, 3.05) is 13.2 Å². The van der Waals surface area contributed by atoms with Crippen molar-refractivity contribution in [1.29, 1.82) is 0 Å². The Morgan fingerprint density at radius 1 is 1.57 bits per heavy atom. The van der Waals surface area contributed by atoms with Crippen LogP contribution in [-0.4, -0.2) is 31.3 Å². The Labute approximate surface area is 83.1 Å². The van der Waals surface area contributed by atoms with Crippen LogP contribution in [0.4, 0.5) is 0 Å². The highest BCUT2D eigenvalue weighted by molar-refractivity contribution is 5.70. The van der Waals surface area contributed by atoms with Crippen LogP contribution < -0.4 is 5.73 Å². The van der Waals surface area contributed by atoms with Crippen molar-refractivity contribution < 1.29 is 14.3 Å². The first-order valence-corrected chi connectivity index (χ1v) is 4.99. The standard InChI is InChI=1S/C10H15NO3/c11-3-4-13-10(12)6-7-5-8-1-2-9(7)14-8/h1-2,7-9H,3-6,11H2. The minimum absolute atomic E-state index is 0.130. The van der Waals surface area contributed by atoms with E-state index in [1.165, 1.54) is 0 Å². The first-order valence-electron chi connectivity index (χ1n) is 4.99. The van der Waals surface area contributed by atoms with E-state index in [1.54, 1.807) is 0 Å². The van der Waals surface area contributed by atoms with Gasteiger partial charge in [0.2, 0.25) is 0 Å². The fraction of sp³-hybridized carbons (Fsp3) is 0.700. The summed E-state index contributed by atoms with van der Waals surface area (Å²) in [6.07, 6.45) is 5.85. The van der Waals surface area contributed by atoms with Crippen LogP contribution in [0.3, 0.4) is 0 Å². The van der Waals surface area contributed by atoms with Gasteiger partial charge in [0.1, 0.15) is 6.61 Å². The SMILES string of the molecule is NCCOC(=O)CC1CC2C=CC1O2. The van der Waals surface area contributed by atoms with Crippen molar-refractivity contribution in [3.8, 4) is 0 Å². The molecule has 4 heteroatoms. The number of rotatable bonds is 4. The average molecular weight is 197 g/mol. The zero-order valence-electron chi connectivity index (χ0n) is 8.02. The van der Waals surface area contributed by atoms with Crippen LogP contribution in [0.2, 0.25) is 0 Å². The predicted octanol–water partition coefficient (Wildman–Crippen LogP) is 0.222. The number of ether oxygens (including phenoxy) is 2. The molecule has 2 heterocycles. The molecule has 2 rings (SSSR count). The lowest BCUT2D eigenvalue weighted by Crippen LogP contribution is -2.20. The van der Waals surface area contributed by atoms with Crippen molar-refractivity contribution in [3.05, 3.63) is 12.2 Å². The number of esters is 1. The van der Waals surface area contributed by atoms with E-state index in [-0.39, 0.29) is 18.2 Å². The van der Waals surface area contributed by atoms with Crippen LogP contribution in [0.1, 0.15) is 12.8 Å². The fourth-order valence-corrected chi connectivity index (χ4v) is 2.01. The summed E-state index contributed by atoms with van der Waals surface area (Å²) in [4.78, 5) is 11.3. The molecule has 2 bridgehead atoms. The van der Waals surface area contributed by atoms with E-state index >= 15 is 0 Å². The third kappa shape index (κ3) is 1.96. The van der Waals surface area contributed by atoms with Gasteiger partial charge < -0.3 is 15.2 Å². The summed E-state index contributed by atoms with van der Waals surface area (Å²) in [5.41, 5.74) is 5.23. The highest BCUT2D eigenvalue weighted by atomic mass is 16.5. The summed E-state index contributed by atoms with van der Waals surface area (Å²) >= 11 is 0. The fourth-order valence-electron chi connectivity index (χ4n) is 2.01. The van der Waals surface area contributed by atoms with Gasteiger partial charge in [0.15, 0.2) is 0 Å². The van der Waals surface area contributed by atoms with Gasteiger partial charge in [-0.25, -0.2) is 0 Å². The van der Waals surface area contributed by atoms with Gasteiger partial charge in [0.05, 0.1) is 18.6 Å². The molecule has 3 atom stereocenters. The number of carbonyl (C=O) groups excluding carboxylic acids is 1. The summed E-state index contributed by atoms with van der Waals surface area (Å²) in [5.74, 6) is 0.139. The minimum Gasteiger partial charge on any atom is -0.464 e. The van der Waals surface area contributed by atoms with Gasteiger partial charge in [-0.3, -0.25) is 4.79 Å². The van der Waals surface area contributed by atoms with Crippen molar-refractivity contribution in [2.45, 2.75) is 25.0 Å².